The van der Waals surface area contributed by atoms with Gasteiger partial charge >= 0.3 is 12.1 Å². The van der Waals surface area contributed by atoms with Gasteiger partial charge in [-0.05, 0) is 35.4 Å². The number of carbonyl (C=O) groups is 1. The smallest absolute Gasteiger partial charge is 0.416 e. The maximum atomic E-state index is 13.9. The minimum atomic E-state index is -4.50. The summed E-state index contributed by atoms with van der Waals surface area (Å²) in [6, 6.07) is 10.3. The molecule has 4 aromatic rings. The number of fused-ring (bicyclic) bond motifs is 3. The standard InChI is InChI=1S/C25H20F4N4O3/c1-36-23(35)24(10-14-3-2-4-18(26)9-14)21-16(12-31-24)11-30-22-20(19(13-34)32-33(21)22)15-5-7-17(8-6-15)25(27,28)29/h2-9,11,31,34H,10,12-13H2,1H3/t24-/m0/s1. The van der Waals surface area contributed by atoms with Crippen LogP contribution in [0.25, 0.3) is 16.8 Å². The lowest BCUT2D eigenvalue weighted by molar-refractivity contribution is -0.149. The molecule has 0 radical (unpaired) electrons. The molecule has 2 aromatic carbocycles. The highest BCUT2D eigenvalue weighted by molar-refractivity contribution is 5.86. The monoisotopic (exact) mass is 500 g/mol. The van der Waals surface area contributed by atoms with E-state index in [1.54, 1.807) is 12.3 Å². The van der Waals surface area contributed by atoms with Crippen LogP contribution >= 0.6 is 0 Å². The van der Waals surface area contributed by atoms with Crippen LogP contribution in [0.3, 0.4) is 0 Å². The molecule has 1 aliphatic heterocycles. The molecule has 2 aromatic heterocycles. The number of rotatable bonds is 5. The van der Waals surface area contributed by atoms with E-state index in [2.05, 4.69) is 15.4 Å². The van der Waals surface area contributed by atoms with Crippen LogP contribution in [0.2, 0.25) is 0 Å². The lowest BCUT2D eigenvalue weighted by Gasteiger charge is -2.28. The molecular formula is C25H20F4N4O3. The van der Waals surface area contributed by atoms with Crippen LogP contribution in [0.5, 0.6) is 0 Å². The van der Waals surface area contributed by atoms with E-state index in [4.69, 9.17) is 4.74 Å². The molecule has 0 fully saturated rings. The normalized spacial score (nSPS) is 17.4. The van der Waals surface area contributed by atoms with Crippen LogP contribution in [0.4, 0.5) is 17.6 Å². The van der Waals surface area contributed by atoms with Gasteiger partial charge in [-0.2, -0.15) is 18.3 Å². The van der Waals surface area contributed by atoms with Crippen molar-refractivity contribution in [2.45, 2.75) is 31.3 Å². The van der Waals surface area contributed by atoms with E-state index < -0.39 is 35.7 Å². The molecule has 11 heteroatoms. The Morgan fingerprint density at radius 2 is 1.97 bits per heavy atom. The quantitative estimate of drug-likeness (QED) is 0.321. The number of aromatic nitrogens is 3. The Bertz CT molecular complexity index is 1470. The molecule has 1 atom stereocenters. The fraction of sp³-hybridized carbons (Fsp3) is 0.240. The first-order chi connectivity index (χ1) is 17.2. The summed E-state index contributed by atoms with van der Waals surface area (Å²) in [6.07, 6.45) is -2.92. The van der Waals surface area contributed by atoms with E-state index in [-0.39, 0.29) is 24.3 Å². The van der Waals surface area contributed by atoms with Gasteiger partial charge in [0.25, 0.3) is 0 Å². The summed E-state index contributed by atoms with van der Waals surface area (Å²) in [6.45, 7) is -0.274. The molecule has 5 rings (SSSR count). The lowest BCUT2D eigenvalue weighted by atomic mass is 9.88. The van der Waals surface area contributed by atoms with Gasteiger partial charge in [-0.3, -0.25) is 5.32 Å². The second-order valence-electron chi connectivity index (χ2n) is 8.48. The van der Waals surface area contributed by atoms with Crippen LogP contribution in [0.1, 0.15) is 28.1 Å². The third kappa shape index (κ3) is 3.80. The highest BCUT2D eigenvalue weighted by atomic mass is 19.4. The molecule has 1 aliphatic rings. The van der Waals surface area contributed by atoms with E-state index in [9.17, 15) is 27.5 Å². The predicted octanol–water partition coefficient (Wildman–Crippen LogP) is 3.76. The van der Waals surface area contributed by atoms with E-state index in [1.165, 1.54) is 42.0 Å². The second-order valence-corrected chi connectivity index (χ2v) is 8.48. The molecule has 0 unspecified atom stereocenters. The average Bonchev–Trinajstić information content (AvgIpc) is 3.42. The van der Waals surface area contributed by atoms with E-state index in [0.29, 0.717) is 27.9 Å². The summed E-state index contributed by atoms with van der Waals surface area (Å²) >= 11 is 0. The van der Waals surface area contributed by atoms with Gasteiger partial charge in [0.1, 0.15) is 5.82 Å². The van der Waals surface area contributed by atoms with E-state index in [0.717, 1.165) is 12.1 Å². The van der Waals surface area contributed by atoms with Crippen molar-refractivity contribution in [3.63, 3.8) is 0 Å². The van der Waals surface area contributed by atoms with Crippen LogP contribution in [0.15, 0.2) is 54.7 Å². The van der Waals surface area contributed by atoms with Crippen molar-refractivity contribution in [1.29, 1.82) is 0 Å². The van der Waals surface area contributed by atoms with Crippen LogP contribution < -0.4 is 5.32 Å². The number of hydrogen-bond donors (Lipinski definition) is 2. The predicted molar refractivity (Wildman–Crippen MR) is 120 cm³/mol. The average molecular weight is 500 g/mol. The number of halogens is 4. The number of methoxy groups -OCH3 is 1. The summed E-state index contributed by atoms with van der Waals surface area (Å²) in [5.74, 6) is -1.09. The van der Waals surface area contributed by atoms with Crippen LogP contribution in [-0.2, 0) is 40.8 Å². The van der Waals surface area contributed by atoms with Crippen LogP contribution in [0, 0.1) is 5.82 Å². The Morgan fingerprint density at radius 1 is 1.22 bits per heavy atom. The maximum absolute atomic E-state index is 13.9. The molecule has 36 heavy (non-hydrogen) atoms. The molecule has 2 N–H and O–H groups in total. The number of nitrogens with zero attached hydrogens (tertiary/aromatic N) is 3. The van der Waals surface area contributed by atoms with Gasteiger partial charge in [0.2, 0.25) is 0 Å². The van der Waals surface area contributed by atoms with E-state index in [1.807, 2.05) is 0 Å². The number of alkyl halides is 3. The zero-order chi connectivity index (χ0) is 25.7. The van der Waals surface area contributed by atoms with Gasteiger partial charge in [-0.1, -0.05) is 24.3 Å². The number of hydrogen-bond acceptors (Lipinski definition) is 6. The molecule has 3 heterocycles. The largest absolute Gasteiger partial charge is 0.467 e. The summed E-state index contributed by atoms with van der Waals surface area (Å²) < 4.78 is 59.7. The fourth-order valence-electron chi connectivity index (χ4n) is 4.73. The van der Waals surface area contributed by atoms with Crippen molar-refractivity contribution >= 4 is 11.6 Å². The molecule has 0 bridgehead atoms. The highest BCUT2D eigenvalue weighted by Crippen LogP contribution is 2.39. The molecule has 0 amide bonds. The Hall–Kier alpha value is -3.83. The van der Waals surface area contributed by atoms with Crippen molar-refractivity contribution in [2.75, 3.05) is 7.11 Å². The van der Waals surface area contributed by atoms with Crippen molar-refractivity contribution in [1.82, 2.24) is 19.9 Å². The van der Waals surface area contributed by atoms with Gasteiger partial charge in [-0.15, -0.1) is 0 Å². The summed E-state index contributed by atoms with van der Waals surface area (Å²) in [5.41, 5.74) is 0.427. The number of carbonyl (C=O) groups excluding carboxylic acids is 1. The van der Waals surface area contributed by atoms with Crippen LogP contribution in [-0.4, -0.2) is 32.8 Å². The van der Waals surface area contributed by atoms with Crippen molar-refractivity contribution in [2.24, 2.45) is 0 Å². The van der Waals surface area contributed by atoms with Crippen molar-refractivity contribution in [3.05, 3.63) is 88.6 Å². The zero-order valence-corrected chi connectivity index (χ0v) is 18.9. The van der Waals surface area contributed by atoms with Gasteiger partial charge in [0, 0.05) is 24.7 Å². The molecule has 0 spiro atoms. The molecule has 186 valence electrons. The molecule has 0 saturated carbocycles. The Balaban J connectivity index is 1.71. The third-order valence-corrected chi connectivity index (χ3v) is 6.32. The minimum absolute atomic E-state index is 0.0352. The fourth-order valence-corrected chi connectivity index (χ4v) is 4.73. The Labute approximate surface area is 202 Å². The number of aliphatic hydroxyl groups is 1. The van der Waals surface area contributed by atoms with Crippen molar-refractivity contribution in [3.8, 4) is 11.1 Å². The summed E-state index contributed by atoms with van der Waals surface area (Å²) in [5, 5.41) is 17.7. The second kappa shape index (κ2) is 8.68. The first kappa shape index (κ1) is 23.9. The van der Waals surface area contributed by atoms with Gasteiger partial charge in [-0.25, -0.2) is 18.7 Å². The number of esters is 1. The zero-order valence-electron chi connectivity index (χ0n) is 18.9. The van der Waals surface area contributed by atoms with Gasteiger partial charge in [0.05, 0.1) is 36.2 Å². The van der Waals surface area contributed by atoms with E-state index >= 15 is 0 Å². The molecular weight excluding hydrogens is 480 g/mol. The Kier molecular flexibility index (Phi) is 5.76. The third-order valence-electron chi connectivity index (χ3n) is 6.32. The first-order valence-corrected chi connectivity index (χ1v) is 10.9. The molecule has 0 aliphatic carbocycles. The maximum Gasteiger partial charge on any atom is 0.416 e. The lowest BCUT2D eigenvalue weighted by Crippen LogP contribution is -2.48. The summed E-state index contributed by atoms with van der Waals surface area (Å²) in [7, 11) is 1.24. The van der Waals surface area contributed by atoms with Gasteiger partial charge in [0.15, 0.2) is 11.2 Å². The first-order valence-electron chi connectivity index (χ1n) is 10.9. The number of nitrogens with one attached hydrogen (secondary N) is 1. The number of benzene rings is 2. The molecule has 7 nitrogen and oxygen atoms in total. The topological polar surface area (TPSA) is 88.8 Å². The van der Waals surface area contributed by atoms with Gasteiger partial charge < -0.3 is 9.84 Å². The minimum Gasteiger partial charge on any atom is -0.467 e. The van der Waals surface area contributed by atoms with Crippen molar-refractivity contribution < 1.29 is 32.2 Å². The summed E-state index contributed by atoms with van der Waals surface area (Å²) in [4.78, 5) is 17.7. The number of aliphatic hydroxyl groups excluding tert-OH is 1. The SMILES string of the molecule is COC(=O)[C@@]1(Cc2cccc(F)c2)NCc2cnc3c(-c4ccc(C(F)(F)F)cc4)c(CO)nn3c21. The molecule has 0 saturated heterocycles. The number of ether oxygens (including phenoxy) is 1. The highest BCUT2D eigenvalue weighted by Gasteiger charge is 2.49. The Morgan fingerprint density at radius 3 is 2.61 bits per heavy atom.